The summed E-state index contributed by atoms with van der Waals surface area (Å²) < 4.78 is 25.6. The lowest BCUT2D eigenvalue weighted by Crippen LogP contribution is -2.18. The average Bonchev–Trinajstić information content (AvgIpc) is 3.20. The number of rotatable bonds is 7. The standard InChI is InChI=1S/C21H20FN5O3S/c1-11-8-12(15-13(22)6-5-7-14(15)29-4)16(18(24)28)17(25-11)19-26-27-20(31-19)30-10-21(2,3)9-23/h5-8H,10H2,1-4H3,(H2,24,28). The number of carbonyl (C=O) groups is 1. The van der Waals surface area contributed by atoms with Gasteiger partial charge in [-0.1, -0.05) is 22.5 Å². The van der Waals surface area contributed by atoms with Gasteiger partial charge in [0.25, 0.3) is 11.1 Å². The van der Waals surface area contributed by atoms with Gasteiger partial charge in [0.05, 0.1) is 29.7 Å². The molecule has 10 heteroatoms. The number of aromatic nitrogens is 3. The molecule has 3 aromatic rings. The molecule has 2 N–H and O–H groups in total. The SMILES string of the molecule is COc1cccc(F)c1-c1cc(C)nc(-c2nnc(OCC(C)(C)C#N)s2)c1C(N)=O. The van der Waals surface area contributed by atoms with Crippen LogP contribution in [0.2, 0.25) is 0 Å². The molecule has 3 rings (SSSR count). The summed E-state index contributed by atoms with van der Waals surface area (Å²) in [4.78, 5) is 16.8. The van der Waals surface area contributed by atoms with E-state index in [2.05, 4.69) is 21.3 Å². The van der Waals surface area contributed by atoms with Crippen molar-refractivity contribution in [3.05, 3.63) is 41.3 Å². The van der Waals surface area contributed by atoms with Crippen LogP contribution in [0.1, 0.15) is 29.9 Å². The molecule has 0 atom stereocenters. The van der Waals surface area contributed by atoms with E-state index in [0.29, 0.717) is 5.69 Å². The quantitative estimate of drug-likeness (QED) is 0.592. The van der Waals surface area contributed by atoms with E-state index < -0.39 is 17.1 Å². The molecule has 8 nitrogen and oxygen atoms in total. The number of amides is 1. The number of nitriles is 1. The Morgan fingerprint density at radius 2 is 2.10 bits per heavy atom. The highest BCUT2D eigenvalue weighted by molar-refractivity contribution is 7.16. The first-order chi connectivity index (χ1) is 14.7. The first-order valence-corrected chi connectivity index (χ1v) is 10.0. The lowest BCUT2D eigenvalue weighted by molar-refractivity contribution is 0.100. The zero-order chi connectivity index (χ0) is 22.8. The summed E-state index contributed by atoms with van der Waals surface area (Å²) in [6.07, 6.45) is 0. The number of hydrogen-bond acceptors (Lipinski definition) is 8. The predicted molar refractivity (Wildman–Crippen MR) is 113 cm³/mol. The van der Waals surface area contributed by atoms with Gasteiger partial charge in [0.1, 0.15) is 23.9 Å². The number of ether oxygens (including phenoxy) is 2. The second-order valence-electron chi connectivity index (χ2n) is 7.37. The van der Waals surface area contributed by atoms with Crippen molar-refractivity contribution in [3.8, 4) is 38.8 Å². The Kier molecular flexibility index (Phi) is 6.17. The van der Waals surface area contributed by atoms with Crippen molar-refractivity contribution in [2.45, 2.75) is 20.8 Å². The van der Waals surface area contributed by atoms with Crippen molar-refractivity contribution in [2.75, 3.05) is 13.7 Å². The number of methoxy groups -OCH3 is 1. The first kappa shape index (κ1) is 22.1. The van der Waals surface area contributed by atoms with E-state index in [9.17, 15) is 9.18 Å². The summed E-state index contributed by atoms with van der Waals surface area (Å²) in [6, 6.07) is 8.07. The van der Waals surface area contributed by atoms with Gasteiger partial charge in [0.2, 0.25) is 0 Å². The molecule has 1 aromatic carbocycles. The Balaban J connectivity index is 2.14. The number of pyridine rings is 1. The molecule has 0 saturated heterocycles. The lowest BCUT2D eigenvalue weighted by atomic mass is 9.96. The van der Waals surface area contributed by atoms with Crippen molar-refractivity contribution < 1.29 is 18.7 Å². The van der Waals surface area contributed by atoms with Crippen LogP contribution in [-0.4, -0.2) is 34.8 Å². The molecule has 0 unspecified atom stereocenters. The Morgan fingerprint density at radius 1 is 1.35 bits per heavy atom. The average molecular weight is 441 g/mol. The molecule has 0 aliphatic rings. The minimum absolute atomic E-state index is 0.00550. The van der Waals surface area contributed by atoms with Gasteiger partial charge >= 0.3 is 0 Å². The third-order valence-corrected chi connectivity index (χ3v) is 5.17. The topological polar surface area (TPSA) is 124 Å². The molecular weight excluding hydrogens is 421 g/mol. The maximum Gasteiger partial charge on any atom is 0.294 e. The Hall–Kier alpha value is -3.58. The Bertz CT molecular complexity index is 1190. The van der Waals surface area contributed by atoms with E-state index in [-0.39, 0.29) is 44.9 Å². The van der Waals surface area contributed by atoms with Crippen LogP contribution in [0.4, 0.5) is 4.39 Å². The number of benzene rings is 1. The first-order valence-electron chi connectivity index (χ1n) is 9.19. The lowest BCUT2D eigenvalue weighted by Gasteiger charge is -2.15. The van der Waals surface area contributed by atoms with E-state index in [1.54, 1.807) is 32.9 Å². The third-order valence-electron chi connectivity index (χ3n) is 4.33. The molecule has 0 aliphatic carbocycles. The zero-order valence-corrected chi connectivity index (χ0v) is 18.2. The molecule has 0 saturated carbocycles. The molecule has 0 aliphatic heterocycles. The third kappa shape index (κ3) is 4.62. The molecule has 1 amide bonds. The number of nitrogens with two attached hydrogens (primary N) is 1. The molecule has 0 fully saturated rings. The zero-order valence-electron chi connectivity index (χ0n) is 17.4. The molecule has 160 valence electrons. The van der Waals surface area contributed by atoms with Crippen molar-refractivity contribution in [1.82, 2.24) is 15.2 Å². The Labute approximate surface area is 182 Å². The minimum Gasteiger partial charge on any atom is -0.496 e. The predicted octanol–water partition coefficient (Wildman–Crippen LogP) is 3.75. The van der Waals surface area contributed by atoms with Crippen LogP contribution in [0, 0.1) is 29.5 Å². The van der Waals surface area contributed by atoms with Crippen LogP contribution in [-0.2, 0) is 0 Å². The molecular formula is C21H20FN5O3S. The molecule has 0 radical (unpaired) electrons. The normalized spacial score (nSPS) is 11.1. The van der Waals surface area contributed by atoms with E-state index in [1.165, 1.54) is 19.2 Å². The summed E-state index contributed by atoms with van der Waals surface area (Å²) in [5.41, 5.74) is 5.98. The van der Waals surface area contributed by atoms with E-state index >= 15 is 0 Å². The van der Waals surface area contributed by atoms with Gasteiger partial charge in [0.15, 0.2) is 5.01 Å². The maximum absolute atomic E-state index is 14.8. The van der Waals surface area contributed by atoms with Crippen LogP contribution in [0.5, 0.6) is 10.9 Å². The van der Waals surface area contributed by atoms with Gasteiger partial charge in [-0.25, -0.2) is 9.37 Å². The number of primary amides is 1. The van der Waals surface area contributed by atoms with Gasteiger partial charge in [-0.15, -0.1) is 5.10 Å². The van der Waals surface area contributed by atoms with Gasteiger partial charge in [-0.05, 0) is 39.0 Å². The van der Waals surface area contributed by atoms with Gasteiger partial charge in [-0.3, -0.25) is 4.79 Å². The van der Waals surface area contributed by atoms with Gasteiger partial charge < -0.3 is 15.2 Å². The molecule has 2 aromatic heterocycles. The highest BCUT2D eigenvalue weighted by Crippen LogP contribution is 2.39. The van der Waals surface area contributed by atoms with Gasteiger partial charge in [0, 0.05) is 11.3 Å². The summed E-state index contributed by atoms with van der Waals surface area (Å²) in [5.74, 6) is -1.12. The van der Waals surface area contributed by atoms with E-state index in [4.69, 9.17) is 20.5 Å². The number of aryl methyl sites for hydroxylation is 1. The summed E-state index contributed by atoms with van der Waals surface area (Å²) in [5, 5.41) is 17.6. The van der Waals surface area contributed by atoms with Crippen molar-refractivity contribution in [3.63, 3.8) is 0 Å². The van der Waals surface area contributed by atoms with Crippen molar-refractivity contribution >= 4 is 17.2 Å². The van der Waals surface area contributed by atoms with Crippen LogP contribution in [0.25, 0.3) is 21.8 Å². The van der Waals surface area contributed by atoms with E-state index in [0.717, 1.165) is 11.3 Å². The monoisotopic (exact) mass is 441 g/mol. The Morgan fingerprint density at radius 3 is 2.74 bits per heavy atom. The largest absolute Gasteiger partial charge is 0.496 e. The fourth-order valence-corrected chi connectivity index (χ4v) is 3.54. The number of nitrogens with zero attached hydrogens (tertiary/aromatic N) is 4. The van der Waals surface area contributed by atoms with E-state index in [1.807, 2.05) is 0 Å². The summed E-state index contributed by atoms with van der Waals surface area (Å²) in [7, 11) is 1.41. The fourth-order valence-electron chi connectivity index (χ4n) is 2.85. The molecule has 2 heterocycles. The second kappa shape index (κ2) is 8.65. The summed E-state index contributed by atoms with van der Waals surface area (Å²) in [6.45, 7) is 5.28. The van der Waals surface area contributed by atoms with Crippen LogP contribution < -0.4 is 15.2 Å². The van der Waals surface area contributed by atoms with Crippen LogP contribution in [0.3, 0.4) is 0 Å². The van der Waals surface area contributed by atoms with Gasteiger partial charge in [-0.2, -0.15) is 5.26 Å². The highest BCUT2D eigenvalue weighted by atomic mass is 32.1. The number of hydrogen-bond donors (Lipinski definition) is 1. The minimum atomic E-state index is -0.800. The van der Waals surface area contributed by atoms with Crippen LogP contribution >= 0.6 is 11.3 Å². The van der Waals surface area contributed by atoms with Crippen molar-refractivity contribution in [2.24, 2.45) is 11.1 Å². The number of halogens is 1. The smallest absolute Gasteiger partial charge is 0.294 e. The fraction of sp³-hybridized carbons (Fsp3) is 0.286. The highest BCUT2D eigenvalue weighted by Gasteiger charge is 2.26. The summed E-state index contributed by atoms with van der Waals surface area (Å²) >= 11 is 1.05. The van der Waals surface area contributed by atoms with Crippen molar-refractivity contribution in [1.29, 1.82) is 5.26 Å². The number of carbonyl (C=O) groups excluding carboxylic acids is 1. The molecule has 31 heavy (non-hydrogen) atoms. The second-order valence-corrected chi connectivity index (χ2v) is 8.31. The molecule has 0 bridgehead atoms. The maximum atomic E-state index is 14.8. The molecule has 0 spiro atoms. The van der Waals surface area contributed by atoms with Crippen LogP contribution in [0.15, 0.2) is 24.3 Å².